The normalized spacial score (nSPS) is 14.0. The van der Waals surface area contributed by atoms with Gasteiger partial charge < -0.3 is 20.1 Å². The highest BCUT2D eigenvalue weighted by Gasteiger charge is 2.11. The third-order valence-electron chi connectivity index (χ3n) is 3.66. The predicted octanol–water partition coefficient (Wildman–Crippen LogP) is 2.47. The van der Waals surface area contributed by atoms with E-state index in [9.17, 15) is 0 Å². The van der Waals surface area contributed by atoms with Gasteiger partial charge in [-0.25, -0.2) is 0 Å². The van der Waals surface area contributed by atoms with Crippen LogP contribution in [0, 0.1) is 0 Å². The molecule has 2 aromatic rings. The van der Waals surface area contributed by atoms with E-state index in [1.54, 1.807) is 13.2 Å². The van der Waals surface area contributed by atoms with E-state index in [1.165, 1.54) is 5.56 Å². The fourth-order valence-corrected chi connectivity index (χ4v) is 2.43. The Morgan fingerprint density at radius 1 is 1.21 bits per heavy atom. The highest BCUT2D eigenvalue weighted by Crippen LogP contribution is 2.32. The quantitative estimate of drug-likeness (QED) is 0.667. The monoisotopic (exact) mass is 326 g/mol. The van der Waals surface area contributed by atoms with E-state index < -0.39 is 0 Å². The molecule has 0 fully saturated rings. The number of nitrogens with zero attached hydrogens (tertiary/aromatic N) is 2. The molecule has 0 saturated carbocycles. The number of aliphatic imine (C=N–C) groups is 1. The number of hydrogen-bond donors (Lipinski definition) is 2. The van der Waals surface area contributed by atoms with Crippen LogP contribution in [0.25, 0.3) is 0 Å². The second-order valence-electron chi connectivity index (χ2n) is 5.45. The lowest BCUT2D eigenvalue weighted by atomic mass is 10.2. The van der Waals surface area contributed by atoms with Gasteiger partial charge in [0, 0.05) is 44.2 Å². The first-order valence-electron chi connectivity index (χ1n) is 8.11. The lowest BCUT2D eigenvalue weighted by molar-refractivity contribution is 0.297. The van der Waals surface area contributed by atoms with E-state index in [0.29, 0.717) is 19.2 Å². The average Bonchev–Trinajstić information content (AvgIpc) is 2.86. The molecule has 0 saturated heterocycles. The van der Waals surface area contributed by atoms with Crippen LogP contribution in [0.1, 0.15) is 12.0 Å². The molecule has 0 unspecified atom stereocenters. The molecule has 0 amide bonds. The summed E-state index contributed by atoms with van der Waals surface area (Å²) in [6, 6.07) is 9.83. The lowest BCUT2D eigenvalue weighted by Crippen LogP contribution is -2.32. The standard InChI is InChI=1S/C18H22N4O2/c1-19-18(21-9-7-14-4-2-8-20-13-14)22-15-5-6-16-17(12-15)24-11-3-10-23-16/h2,4-6,8,12-13H,3,7,9-11H2,1H3,(H2,19,21,22). The van der Waals surface area contributed by atoms with Gasteiger partial charge in [-0.05, 0) is 30.2 Å². The van der Waals surface area contributed by atoms with Gasteiger partial charge in [-0.15, -0.1) is 0 Å². The molecule has 1 aliphatic rings. The molecular weight excluding hydrogens is 304 g/mol. The number of benzene rings is 1. The first-order valence-corrected chi connectivity index (χ1v) is 8.11. The summed E-state index contributed by atoms with van der Waals surface area (Å²) in [5.74, 6) is 2.27. The van der Waals surface area contributed by atoms with E-state index >= 15 is 0 Å². The maximum atomic E-state index is 5.71. The number of pyridine rings is 1. The van der Waals surface area contributed by atoms with Gasteiger partial charge in [0.15, 0.2) is 17.5 Å². The predicted molar refractivity (Wildman–Crippen MR) is 95.0 cm³/mol. The molecule has 6 nitrogen and oxygen atoms in total. The van der Waals surface area contributed by atoms with Gasteiger partial charge in [0.25, 0.3) is 0 Å². The molecule has 2 N–H and O–H groups in total. The van der Waals surface area contributed by atoms with Crippen LogP contribution in [-0.4, -0.2) is 37.7 Å². The maximum Gasteiger partial charge on any atom is 0.195 e. The minimum absolute atomic E-state index is 0.675. The first-order chi connectivity index (χ1) is 11.8. The smallest absolute Gasteiger partial charge is 0.195 e. The number of hydrogen-bond acceptors (Lipinski definition) is 4. The number of ether oxygens (including phenoxy) is 2. The van der Waals surface area contributed by atoms with Crippen molar-refractivity contribution in [1.29, 1.82) is 0 Å². The second-order valence-corrected chi connectivity index (χ2v) is 5.45. The van der Waals surface area contributed by atoms with Gasteiger partial charge in [-0.3, -0.25) is 9.98 Å². The Kier molecular flexibility index (Phi) is 5.50. The molecular formula is C18H22N4O2. The average molecular weight is 326 g/mol. The molecule has 2 heterocycles. The van der Waals surface area contributed by atoms with Gasteiger partial charge in [-0.2, -0.15) is 0 Å². The molecule has 126 valence electrons. The van der Waals surface area contributed by atoms with Crippen LogP contribution in [0.3, 0.4) is 0 Å². The summed E-state index contributed by atoms with van der Waals surface area (Å²) in [4.78, 5) is 8.37. The minimum atomic E-state index is 0.675. The van der Waals surface area contributed by atoms with Crippen LogP contribution in [0.4, 0.5) is 5.69 Å². The van der Waals surface area contributed by atoms with Crippen LogP contribution in [0.5, 0.6) is 11.5 Å². The van der Waals surface area contributed by atoms with Crippen molar-refractivity contribution >= 4 is 11.6 Å². The van der Waals surface area contributed by atoms with E-state index in [4.69, 9.17) is 9.47 Å². The maximum absolute atomic E-state index is 5.71. The fourth-order valence-electron chi connectivity index (χ4n) is 2.43. The molecule has 0 aliphatic carbocycles. The molecule has 6 heteroatoms. The number of guanidine groups is 1. The van der Waals surface area contributed by atoms with Crippen molar-refractivity contribution in [3.8, 4) is 11.5 Å². The topological polar surface area (TPSA) is 67.8 Å². The number of nitrogens with one attached hydrogen (secondary N) is 2. The van der Waals surface area contributed by atoms with Crippen LogP contribution < -0.4 is 20.1 Å². The van der Waals surface area contributed by atoms with Crippen molar-refractivity contribution in [2.24, 2.45) is 4.99 Å². The molecule has 0 radical (unpaired) electrons. The van der Waals surface area contributed by atoms with Crippen molar-refractivity contribution in [3.63, 3.8) is 0 Å². The summed E-state index contributed by atoms with van der Waals surface area (Å²) in [6.45, 7) is 2.14. The minimum Gasteiger partial charge on any atom is -0.490 e. The fraction of sp³-hybridized carbons (Fsp3) is 0.333. The molecule has 1 aromatic heterocycles. The molecule has 24 heavy (non-hydrogen) atoms. The SMILES string of the molecule is CN=C(NCCc1cccnc1)Nc1ccc2c(c1)OCCCO2. The van der Waals surface area contributed by atoms with E-state index in [0.717, 1.165) is 36.6 Å². The van der Waals surface area contributed by atoms with Crippen molar-refractivity contribution < 1.29 is 9.47 Å². The van der Waals surface area contributed by atoms with Gasteiger partial charge in [0.05, 0.1) is 13.2 Å². The molecule has 0 bridgehead atoms. The Hall–Kier alpha value is -2.76. The van der Waals surface area contributed by atoms with Gasteiger partial charge in [0.2, 0.25) is 0 Å². The number of aromatic nitrogens is 1. The third kappa shape index (κ3) is 4.38. The van der Waals surface area contributed by atoms with Crippen LogP contribution in [0.15, 0.2) is 47.7 Å². The molecule has 1 aliphatic heterocycles. The van der Waals surface area contributed by atoms with Crippen molar-refractivity contribution in [1.82, 2.24) is 10.3 Å². The van der Waals surface area contributed by atoms with Crippen LogP contribution in [0.2, 0.25) is 0 Å². The second kappa shape index (κ2) is 8.19. The van der Waals surface area contributed by atoms with Gasteiger partial charge >= 0.3 is 0 Å². The zero-order valence-corrected chi connectivity index (χ0v) is 13.8. The molecule has 0 spiro atoms. The van der Waals surface area contributed by atoms with Crippen molar-refractivity contribution in [3.05, 3.63) is 48.3 Å². The lowest BCUT2D eigenvalue weighted by Gasteiger charge is -2.14. The summed E-state index contributed by atoms with van der Waals surface area (Å²) in [5.41, 5.74) is 2.10. The van der Waals surface area contributed by atoms with E-state index in [2.05, 4.69) is 26.7 Å². The Morgan fingerprint density at radius 2 is 2.08 bits per heavy atom. The third-order valence-corrected chi connectivity index (χ3v) is 3.66. The zero-order chi connectivity index (χ0) is 16.6. The summed E-state index contributed by atoms with van der Waals surface area (Å²) in [7, 11) is 1.75. The van der Waals surface area contributed by atoms with Gasteiger partial charge in [-0.1, -0.05) is 6.07 Å². The molecule has 1 aromatic carbocycles. The Bertz CT molecular complexity index is 689. The Balaban J connectivity index is 1.56. The summed E-state index contributed by atoms with van der Waals surface area (Å²) in [6.07, 6.45) is 5.44. The molecule has 0 atom stereocenters. The van der Waals surface area contributed by atoms with Crippen molar-refractivity contribution in [2.45, 2.75) is 12.8 Å². The number of rotatable bonds is 4. The Morgan fingerprint density at radius 3 is 2.88 bits per heavy atom. The number of anilines is 1. The highest BCUT2D eigenvalue weighted by atomic mass is 16.5. The largest absolute Gasteiger partial charge is 0.490 e. The van der Waals surface area contributed by atoms with E-state index in [1.807, 2.05) is 30.5 Å². The van der Waals surface area contributed by atoms with Gasteiger partial charge in [0.1, 0.15) is 0 Å². The summed E-state index contributed by atoms with van der Waals surface area (Å²) >= 11 is 0. The molecule has 3 rings (SSSR count). The zero-order valence-electron chi connectivity index (χ0n) is 13.8. The van der Waals surface area contributed by atoms with Crippen LogP contribution >= 0.6 is 0 Å². The van der Waals surface area contributed by atoms with E-state index in [-0.39, 0.29) is 0 Å². The summed E-state index contributed by atoms with van der Waals surface area (Å²) < 4.78 is 11.4. The Labute approximate surface area is 141 Å². The first kappa shape index (κ1) is 16.1. The van der Waals surface area contributed by atoms with Crippen molar-refractivity contribution in [2.75, 3.05) is 32.1 Å². The highest BCUT2D eigenvalue weighted by molar-refractivity contribution is 5.93. The van der Waals surface area contributed by atoms with Crippen LogP contribution in [-0.2, 0) is 6.42 Å². The summed E-state index contributed by atoms with van der Waals surface area (Å²) in [5, 5.41) is 6.57. The number of fused-ring (bicyclic) bond motifs is 1.